The predicted molar refractivity (Wildman–Crippen MR) is 74.6 cm³/mol. The van der Waals surface area contributed by atoms with Gasteiger partial charge in [-0.25, -0.2) is 4.98 Å². The molecule has 2 atom stereocenters. The lowest BCUT2D eigenvalue weighted by atomic mass is 10.2. The maximum Gasteiger partial charge on any atom is 0.258 e. The van der Waals surface area contributed by atoms with Gasteiger partial charge in [-0.05, 0) is 13.8 Å². The minimum Gasteiger partial charge on any atom is -0.376 e. The van der Waals surface area contributed by atoms with Gasteiger partial charge in [0.1, 0.15) is 0 Å². The van der Waals surface area contributed by atoms with E-state index in [9.17, 15) is 4.79 Å². The van der Waals surface area contributed by atoms with Gasteiger partial charge in [0, 0.05) is 36.8 Å². The topological polar surface area (TPSA) is 46.8 Å². The van der Waals surface area contributed by atoms with Crippen molar-refractivity contribution < 1.29 is 4.74 Å². The molecule has 3 heterocycles. The molecular formula is C13H17N3O2S. The molecule has 0 aliphatic carbocycles. The van der Waals surface area contributed by atoms with E-state index in [1.165, 1.54) is 11.3 Å². The van der Waals surface area contributed by atoms with Gasteiger partial charge in [-0.15, -0.1) is 11.3 Å². The summed E-state index contributed by atoms with van der Waals surface area (Å²) in [7, 11) is 0. The second-order valence-corrected chi connectivity index (χ2v) is 5.94. The Bertz CT molecular complexity index is 636. The van der Waals surface area contributed by atoms with Crippen LogP contribution >= 0.6 is 11.3 Å². The quantitative estimate of drug-likeness (QED) is 0.833. The Labute approximate surface area is 115 Å². The maximum absolute atomic E-state index is 11.9. The molecule has 1 aliphatic rings. The SMILES string of the molecule is C[C@H]1CN(Cc2cc(=O)n3ccsc3n2)[C@@H](C)CO1. The van der Waals surface area contributed by atoms with Crippen molar-refractivity contribution in [1.29, 1.82) is 0 Å². The van der Waals surface area contributed by atoms with E-state index in [0.29, 0.717) is 12.6 Å². The first-order chi connectivity index (χ1) is 9.13. The van der Waals surface area contributed by atoms with Crippen LogP contribution in [0.15, 0.2) is 22.4 Å². The molecule has 1 saturated heterocycles. The lowest BCUT2D eigenvalue weighted by Gasteiger charge is -2.36. The zero-order chi connectivity index (χ0) is 13.4. The van der Waals surface area contributed by atoms with Gasteiger partial charge in [0.2, 0.25) is 0 Å². The van der Waals surface area contributed by atoms with Gasteiger partial charge in [0.25, 0.3) is 5.56 Å². The van der Waals surface area contributed by atoms with E-state index in [2.05, 4.69) is 23.7 Å². The van der Waals surface area contributed by atoms with E-state index in [4.69, 9.17) is 4.74 Å². The standard InChI is InChI=1S/C13H17N3O2S/c1-9-8-18-10(2)6-15(9)7-11-5-12(17)16-3-4-19-13(16)14-11/h3-5,9-10H,6-8H2,1-2H3/t9-,10-/m0/s1. The second-order valence-electron chi connectivity index (χ2n) is 5.06. The van der Waals surface area contributed by atoms with Crippen LogP contribution in [0.5, 0.6) is 0 Å². The zero-order valence-electron chi connectivity index (χ0n) is 11.1. The van der Waals surface area contributed by atoms with Crippen LogP contribution in [0, 0.1) is 0 Å². The third kappa shape index (κ3) is 2.56. The summed E-state index contributed by atoms with van der Waals surface area (Å²) in [6.45, 7) is 6.54. The molecular weight excluding hydrogens is 262 g/mol. The first kappa shape index (κ1) is 12.8. The number of nitrogens with zero attached hydrogens (tertiary/aromatic N) is 3. The van der Waals surface area contributed by atoms with Crippen LogP contribution in [0.3, 0.4) is 0 Å². The van der Waals surface area contributed by atoms with E-state index in [1.807, 2.05) is 5.38 Å². The van der Waals surface area contributed by atoms with Gasteiger partial charge in [-0.2, -0.15) is 0 Å². The maximum atomic E-state index is 11.9. The first-order valence-electron chi connectivity index (χ1n) is 6.45. The highest BCUT2D eigenvalue weighted by atomic mass is 32.1. The van der Waals surface area contributed by atoms with Crippen molar-refractivity contribution in [1.82, 2.24) is 14.3 Å². The zero-order valence-corrected chi connectivity index (χ0v) is 11.9. The van der Waals surface area contributed by atoms with Gasteiger partial charge in [0.15, 0.2) is 4.96 Å². The van der Waals surface area contributed by atoms with Crippen molar-refractivity contribution >= 4 is 16.3 Å². The van der Waals surface area contributed by atoms with Crippen LogP contribution in [0.4, 0.5) is 0 Å². The highest BCUT2D eigenvalue weighted by Crippen LogP contribution is 2.15. The molecule has 0 unspecified atom stereocenters. The van der Waals surface area contributed by atoms with Gasteiger partial charge < -0.3 is 4.74 Å². The number of thiazole rings is 1. The Morgan fingerprint density at radius 2 is 2.37 bits per heavy atom. The molecule has 0 N–H and O–H groups in total. The molecule has 0 spiro atoms. The van der Waals surface area contributed by atoms with Crippen molar-refractivity contribution in [2.24, 2.45) is 0 Å². The number of ether oxygens (including phenoxy) is 1. The van der Waals surface area contributed by atoms with E-state index in [1.54, 1.807) is 16.7 Å². The van der Waals surface area contributed by atoms with E-state index < -0.39 is 0 Å². The van der Waals surface area contributed by atoms with E-state index in [0.717, 1.165) is 23.8 Å². The summed E-state index contributed by atoms with van der Waals surface area (Å²) in [5, 5.41) is 1.88. The Hall–Kier alpha value is -1.24. The molecule has 0 bridgehead atoms. The van der Waals surface area contributed by atoms with Gasteiger partial charge in [-0.3, -0.25) is 14.1 Å². The van der Waals surface area contributed by atoms with Crippen molar-refractivity contribution in [2.45, 2.75) is 32.5 Å². The molecule has 3 rings (SSSR count). The molecule has 2 aromatic heterocycles. The molecule has 1 fully saturated rings. The third-order valence-corrected chi connectivity index (χ3v) is 4.21. The lowest BCUT2D eigenvalue weighted by molar-refractivity contribution is -0.0530. The summed E-state index contributed by atoms with van der Waals surface area (Å²) < 4.78 is 7.20. The number of hydrogen-bond acceptors (Lipinski definition) is 5. The summed E-state index contributed by atoms with van der Waals surface area (Å²) >= 11 is 1.49. The Morgan fingerprint density at radius 3 is 3.21 bits per heavy atom. The monoisotopic (exact) mass is 279 g/mol. The molecule has 1 aliphatic heterocycles. The van der Waals surface area contributed by atoms with Crippen molar-refractivity contribution in [3.63, 3.8) is 0 Å². The van der Waals surface area contributed by atoms with Crippen molar-refractivity contribution in [3.8, 4) is 0 Å². The summed E-state index contributed by atoms with van der Waals surface area (Å²) in [4.78, 5) is 19.6. The fourth-order valence-corrected chi connectivity index (χ4v) is 3.11. The van der Waals surface area contributed by atoms with E-state index in [-0.39, 0.29) is 11.7 Å². The summed E-state index contributed by atoms with van der Waals surface area (Å²) in [6.07, 6.45) is 2.00. The number of rotatable bonds is 2. The van der Waals surface area contributed by atoms with Gasteiger partial charge >= 0.3 is 0 Å². The predicted octanol–water partition coefficient (Wildman–Crippen LogP) is 1.37. The molecule has 102 valence electrons. The van der Waals surface area contributed by atoms with Gasteiger partial charge in [-0.1, -0.05) is 0 Å². The fourth-order valence-electron chi connectivity index (χ4n) is 2.37. The normalized spacial score (nSPS) is 24.9. The van der Waals surface area contributed by atoms with Crippen LogP contribution in [-0.2, 0) is 11.3 Å². The fraction of sp³-hybridized carbons (Fsp3) is 0.538. The van der Waals surface area contributed by atoms with Crippen LogP contribution in [0.1, 0.15) is 19.5 Å². The molecule has 0 aromatic carbocycles. The largest absolute Gasteiger partial charge is 0.376 e. The summed E-state index contributed by atoms with van der Waals surface area (Å²) in [5.41, 5.74) is 0.837. The molecule has 6 heteroatoms. The van der Waals surface area contributed by atoms with Crippen LogP contribution in [0.25, 0.3) is 4.96 Å². The van der Waals surface area contributed by atoms with Crippen LogP contribution < -0.4 is 5.56 Å². The minimum absolute atomic E-state index is 0.00443. The Morgan fingerprint density at radius 1 is 1.53 bits per heavy atom. The van der Waals surface area contributed by atoms with Gasteiger partial charge in [0.05, 0.1) is 18.4 Å². The van der Waals surface area contributed by atoms with Crippen molar-refractivity contribution in [3.05, 3.63) is 33.7 Å². The minimum atomic E-state index is -0.00443. The highest BCUT2D eigenvalue weighted by molar-refractivity contribution is 7.15. The Kier molecular flexibility index (Phi) is 3.38. The van der Waals surface area contributed by atoms with Crippen LogP contribution in [-0.4, -0.2) is 39.6 Å². The van der Waals surface area contributed by atoms with Crippen LogP contribution in [0.2, 0.25) is 0 Å². The molecule has 2 aromatic rings. The number of aromatic nitrogens is 2. The lowest BCUT2D eigenvalue weighted by Crippen LogP contribution is -2.46. The smallest absolute Gasteiger partial charge is 0.258 e. The molecule has 19 heavy (non-hydrogen) atoms. The molecule has 0 radical (unpaired) electrons. The summed E-state index contributed by atoms with van der Waals surface area (Å²) in [5.74, 6) is 0. The number of morpholine rings is 1. The summed E-state index contributed by atoms with van der Waals surface area (Å²) in [6, 6.07) is 1.99. The third-order valence-electron chi connectivity index (χ3n) is 3.46. The molecule has 0 saturated carbocycles. The molecule has 0 amide bonds. The average Bonchev–Trinajstić information content (AvgIpc) is 2.82. The second kappa shape index (κ2) is 5.03. The highest BCUT2D eigenvalue weighted by Gasteiger charge is 2.23. The average molecular weight is 279 g/mol. The number of hydrogen-bond donors (Lipinski definition) is 0. The van der Waals surface area contributed by atoms with Crippen molar-refractivity contribution in [2.75, 3.05) is 13.2 Å². The molecule has 5 nitrogen and oxygen atoms in total. The number of fused-ring (bicyclic) bond motifs is 1. The van der Waals surface area contributed by atoms with E-state index >= 15 is 0 Å². The Balaban J connectivity index is 1.86. The first-order valence-corrected chi connectivity index (χ1v) is 7.33.